The molecule has 0 aromatic carbocycles. The van der Waals surface area contributed by atoms with Crippen molar-refractivity contribution in [1.82, 2.24) is 19.8 Å². The number of nitrogens with zero attached hydrogens (tertiary/aromatic N) is 3. The summed E-state index contributed by atoms with van der Waals surface area (Å²) in [5.74, 6) is -2.30. The number of amides is 2. The highest BCUT2D eigenvalue weighted by atomic mass is 19.4. The van der Waals surface area contributed by atoms with Gasteiger partial charge in [0, 0.05) is 45.5 Å². The van der Waals surface area contributed by atoms with E-state index in [2.05, 4.69) is 10.3 Å². The zero-order chi connectivity index (χ0) is 20.5. The van der Waals surface area contributed by atoms with Crippen molar-refractivity contribution in [2.45, 2.75) is 37.2 Å². The van der Waals surface area contributed by atoms with Crippen LogP contribution in [0.5, 0.6) is 0 Å². The summed E-state index contributed by atoms with van der Waals surface area (Å²) in [6.45, 7) is -1.05. The van der Waals surface area contributed by atoms with Gasteiger partial charge in [0.1, 0.15) is 5.82 Å². The fraction of sp³-hybridized carbons (Fsp3) is 0.733. The number of piperidine rings is 1. The Morgan fingerprint density at radius 2 is 2.00 bits per heavy atom. The SMILES string of the molecule is Cn1ccnc1C(O)(CCNC(=O)N1CCCC(C(F)(F)F)C1)C(F)(F)F. The Morgan fingerprint density at radius 1 is 1.33 bits per heavy atom. The zero-order valence-corrected chi connectivity index (χ0v) is 14.4. The molecule has 2 rings (SSSR count). The number of alkyl halides is 6. The molecule has 27 heavy (non-hydrogen) atoms. The first-order valence-electron chi connectivity index (χ1n) is 8.22. The van der Waals surface area contributed by atoms with Crippen LogP contribution in [0.4, 0.5) is 31.1 Å². The molecule has 1 aliphatic heterocycles. The number of hydrogen-bond donors (Lipinski definition) is 2. The number of carbonyl (C=O) groups is 1. The number of likely N-dealkylation sites (tertiary alicyclic amines) is 1. The number of imidazole rings is 1. The minimum atomic E-state index is -5.05. The molecule has 2 atom stereocenters. The van der Waals surface area contributed by atoms with E-state index < -0.39 is 55.2 Å². The molecule has 1 fully saturated rings. The molecule has 154 valence electrons. The molecule has 1 saturated heterocycles. The average molecular weight is 402 g/mol. The van der Waals surface area contributed by atoms with Gasteiger partial charge in [0.2, 0.25) is 5.60 Å². The van der Waals surface area contributed by atoms with E-state index in [1.165, 1.54) is 13.2 Å². The Bertz CT molecular complexity index is 659. The fourth-order valence-electron chi connectivity index (χ4n) is 3.04. The predicted molar refractivity (Wildman–Crippen MR) is 81.5 cm³/mol. The third-order valence-electron chi connectivity index (χ3n) is 4.59. The molecular formula is C15H20F6N4O2. The molecule has 0 spiro atoms. The molecule has 1 aliphatic rings. The minimum absolute atomic E-state index is 0.0846. The summed E-state index contributed by atoms with van der Waals surface area (Å²) in [5, 5.41) is 12.3. The van der Waals surface area contributed by atoms with E-state index >= 15 is 0 Å². The number of nitrogens with one attached hydrogen (secondary N) is 1. The number of urea groups is 1. The van der Waals surface area contributed by atoms with Crippen LogP contribution in [-0.2, 0) is 12.6 Å². The second-order valence-electron chi connectivity index (χ2n) is 6.53. The van der Waals surface area contributed by atoms with Gasteiger partial charge in [0.25, 0.3) is 0 Å². The largest absolute Gasteiger partial charge is 0.424 e. The van der Waals surface area contributed by atoms with Gasteiger partial charge < -0.3 is 19.9 Å². The van der Waals surface area contributed by atoms with Crippen molar-refractivity contribution in [1.29, 1.82) is 0 Å². The topological polar surface area (TPSA) is 70.4 Å². The predicted octanol–water partition coefficient (Wildman–Crippen LogP) is 2.54. The van der Waals surface area contributed by atoms with E-state index in [9.17, 15) is 36.2 Å². The smallest absolute Gasteiger partial charge is 0.374 e. The molecule has 12 heteroatoms. The van der Waals surface area contributed by atoms with Crippen LogP contribution in [0.25, 0.3) is 0 Å². The Morgan fingerprint density at radius 3 is 2.52 bits per heavy atom. The molecule has 0 radical (unpaired) electrons. The maximum atomic E-state index is 13.4. The molecular weight excluding hydrogens is 382 g/mol. The Kier molecular flexibility index (Phi) is 5.97. The van der Waals surface area contributed by atoms with E-state index in [4.69, 9.17) is 0 Å². The van der Waals surface area contributed by atoms with Crippen LogP contribution in [0.2, 0.25) is 0 Å². The van der Waals surface area contributed by atoms with Gasteiger partial charge in [-0.2, -0.15) is 26.3 Å². The van der Waals surface area contributed by atoms with Crippen molar-refractivity contribution in [3.63, 3.8) is 0 Å². The number of aromatic nitrogens is 2. The maximum absolute atomic E-state index is 13.4. The van der Waals surface area contributed by atoms with Gasteiger partial charge in [-0.3, -0.25) is 0 Å². The van der Waals surface area contributed by atoms with Gasteiger partial charge in [0.15, 0.2) is 0 Å². The summed E-state index contributed by atoms with van der Waals surface area (Å²) >= 11 is 0. The van der Waals surface area contributed by atoms with Gasteiger partial charge in [-0.15, -0.1) is 0 Å². The number of rotatable bonds is 4. The first-order chi connectivity index (χ1) is 12.4. The molecule has 2 heterocycles. The van der Waals surface area contributed by atoms with Crippen molar-refractivity contribution in [3.8, 4) is 0 Å². The summed E-state index contributed by atoms with van der Waals surface area (Å²) in [4.78, 5) is 16.5. The average Bonchev–Trinajstić information content (AvgIpc) is 2.99. The van der Waals surface area contributed by atoms with Gasteiger partial charge in [-0.05, 0) is 12.8 Å². The third-order valence-corrected chi connectivity index (χ3v) is 4.59. The summed E-state index contributed by atoms with van der Waals surface area (Å²) in [6, 6.07) is -0.895. The highest BCUT2D eigenvalue weighted by molar-refractivity contribution is 5.74. The highest BCUT2D eigenvalue weighted by Gasteiger charge is 2.57. The standard InChI is InChI=1S/C15H20F6N4O2/c1-24-8-6-22-11(24)13(27,15(19,20)21)4-5-23-12(26)25-7-2-3-10(9-25)14(16,17)18/h6,8,10,27H,2-5,7,9H2,1H3,(H,23,26). The molecule has 2 amide bonds. The molecule has 1 aromatic rings. The third kappa shape index (κ3) is 4.66. The summed E-state index contributed by atoms with van der Waals surface area (Å²) in [6.07, 6.45) is -8.04. The van der Waals surface area contributed by atoms with Crippen LogP contribution >= 0.6 is 0 Å². The molecule has 0 aliphatic carbocycles. The quantitative estimate of drug-likeness (QED) is 0.761. The van der Waals surface area contributed by atoms with Gasteiger partial charge in [0.05, 0.1) is 5.92 Å². The molecule has 2 unspecified atom stereocenters. The second-order valence-corrected chi connectivity index (χ2v) is 6.53. The van der Waals surface area contributed by atoms with E-state index in [0.29, 0.717) is 0 Å². The molecule has 0 saturated carbocycles. The maximum Gasteiger partial charge on any atom is 0.424 e. The van der Waals surface area contributed by atoms with Crippen LogP contribution in [0.3, 0.4) is 0 Å². The van der Waals surface area contributed by atoms with Crippen molar-refractivity contribution < 1.29 is 36.2 Å². The summed E-state index contributed by atoms with van der Waals surface area (Å²) in [5.41, 5.74) is -3.30. The lowest BCUT2D eigenvalue weighted by molar-refractivity contribution is -0.272. The van der Waals surface area contributed by atoms with Gasteiger partial charge in [-0.25, -0.2) is 9.78 Å². The Labute approximate surface area is 151 Å². The first-order valence-corrected chi connectivity index (χ1v) is 8.22. The Balaban J connectivity index is 1.99. The second kappa shape index (κ2) is 7.56. The monoisotopic (exact) mass is 402 g/mol. The van der Waals surface area contributed by atoms with Crippen LogP contribution in [0, 0.1) is 5.92 Å². The number of carbonyl (C=O) groups excluding carboxylic acids is 1. The van der Waals surface area contributed by atoms with Crippen molar-refractivity contribution in [2.24, 2.45) is 13.0 Å². The lowest BCUT2D eigenvalue weighted by atomic mass is 9.97. The van der Waals surface area contributed by atoms with E-state index in [1.54, 1.807) is 0 Å². The van der Waals surface area contributed by atoms with Crippen molar-refractivity contribution in [3.05, 3.63) is 18.2 Å². The van der Waals surface area contributed by atoms with Crippen LogP contribution < -0.4 is 5.32 Å². The van der Waals surface area contributed by atoms with Crippen LogP contribution in [0.15, 0.2) is 12.4 Å². The summed E-state index contributed by atoms with van der Waals surface area (Å²) < 4.78 is 79.4. The number of hydrogen-bond acceptors (Lipinski definition) is 3. The highest BCUT2D eigenvalue weighted by Crippen LogP contribution is 2.40. The first kappa shape index (κ1) is 21.3. The lowest BCUT2D eigenvalue weighted by Crippen LogP contribution is -2.50. The van der Waals surface area contributed by atoms with Crippen molar-refractivity contribution >= 4 is 6.03 Å². The lowest BCUT2D eigenvalue weighted by Gasteiger charge is -2.34. The zero-order valence-electron chi connectivity index (χ0n) is 14.4. The van der Waals surface area contributed by atoms with Gasteiger partial charge >= 0.3 is 18.4 Å². The fourth-order valence-corrected chi connectivity index (χ4v) is 3.04. The number of aryl methyl sites for hydroxylation is 1. The molecule has 2 N–H and O–H groups in total. The molecule has 1 aromatic heterocycles. The minimum Gasteiger partial charge on any atom is -0.374 e. The number of halogens is 6. The van der Waals surface area contributed by atoms with E-state index in [0.717, 1.165) is 15.7 Å². The number of aliphatic hydroxyl groups is 1. The van der Waals surface area contributed by atoms with Gasteiger partial charge in [-0.1, -0.05) is 0 Å². The normalized spacial score (nSPS) is 21.0. The molecule has 6 nitrogen and oxygen atoms in total. The van der Waals surface area contributed by atoms with E-state index in [1.807, 2.05) is 0 Å². The van der Waals surface area contributed by atoms with Crippen LogP contribution in [-0.4, -0.2) is 57.6 Å². The van der Waals surface area contributed by atoms with Crippen LogP contribution in [0.1, 0.15) is 25.1 Å². The van der Waals surface area contributed by atoms with Crippen molar-refractivity contribution in [2.75, 3.05) is 19.6 Å². The molecule has 0 bridgehead atoms. The van der Waals surface area contributed by atoms with E-state index in [-0.39, 0.29) is 19.4 Å². The summed E-state index contributed by atoms with van der Waals surface area (Å²) in [7, 11) is 1.28. The Hall–Kier alpha value is -1.98.